The van der Waals surface area contributed by atoms with Crippen LogP contribution in [0, 0.1) is 0 Å². The molecule has 2 aromatic heterocycles. The fraction of sp³-hybridized carbons (Fsp3) is 0.364. The molecule has 0 aliphatic carbocycles. The van der Waals surface area contributed by atoms with E-state index in [1.54, 1.807) is 31.6 Å². The van der Waals surface area contributed by atoms with Crippen molar-refractivity contribution in [3.05, 3.63) is 84.2 Å². The van der Waals surface area contributed by atoms with E-state index in [0.717, 1.165) is 49.1 Å². The molecule has 0 saturated carbocycles. The number of hydrogen-bond acceptors (Lipinski definition) is 5. The summed E-state index contributed by atoms with van der Waals surface area (Å²) in [6.45, 7) is 5.80. The van der Waals surface area contributed by atoms with Gasteiger partial charge in [0.1, 0.15) is 5.82 Å². The van der Waals surface area contributed by atoms with Crippen LogP contribution < -0.4 is 15.5 Å². The molecule has 0 spiro atoms. The van der Waals surface area contributed by atoms with Crippen molar-refractivity contribution in [3.63, 3.8) is 0 Å². The molecule has 2 N–H and O–H groups in total. The number of nitrogens with one attached hydrogen (secondary N) is 2. The highest BCUT2D eigenvalue weighted by Crippen LogP contribution is 2.31. The van der Waals surface area contributed by atoms with Crippen molar-refractivity contribution >= 4 is 40.0 Å². The standard InChI is InChI=1S/C33H38F2N6O2/c1-3-39-18-13-24(14-19-39)23-6-8-25(9-7-23)32(42)38-31-22-28(12-16-37-31)40(17-4-5-30(34)35)27-10-11-29-26(21-27)15-20-41(29)33(43)36-2/h6-12,15-16,20-22,24,30H,3-5,13-14,17-19H2,1-2H3,(H,36,43)(H,37,38,42). The molecule has 1 aliphatic heterocycles. The van der Waals surface area contributed by atoms with E-state index in [4.69, 9.17) is 0 Å². The highest BCUT2D eigenvalue weighted by Gasteiger charge is 2.20. The van der Waals surface area contributed by atoms with Gasteiger partial charge in [-0.3, -0.25) is 9.36 Å². The lowest BCUT2D eigenvalue weighted by Crippen LogP contribution is -2.32. The Balaban J connectivity index is 1.33. The molecule has 0 radical (unpaired) electrons. The van der Waals surface area contributed by atoms with E-state index in [2.05, 4.69) is 27.4 Å². The number of carbonyl (C=O) groups excluding carboxylic acids is 2. The van der Waals surface area contributed by atoms with Crippen molar-refractivity contribution < 1.29 is 18.4 Å². The van der Waals surface area contributed by atoms with Gasteiger partial charge in [0, 0.05) is 60.8 Å². The van der Waals surface area contributed by atoms with Crippen LogP contribution in [0.2, 0.25) is 0 Å². The van der Waals surface area contributed by atoms with Crippen LogP contribution in [-0.4, -0.2) is 66.0 Å². The molecule has 1 aliphatic rings. The maximum Gasteiger partial charge on any atom is 0.325 e. The first-order valence-corrected chi connectivity index (χ1v) is 14.8. The summed E-state index contributed by atoms with van der Waals surface area (Å²) >= 11 is 0. The number of aromatic nitrogens is 2. The number of nitrogens with zero attached hydrogens (tertiary/aromatic N) is 4. The van der Waals surface area contributed by atoms with E-state index in [9.17, 15) is 18.4 Å². The van der Waals surface area contributed by atoms with Gasteiger partial charge in [0.25, 0.3) is 5.91 Å². The summed E-state index contributed by atoms with van der Waals surface area (Å²) in [5.74, 6) is 0.610. The summed E-state index contributed by atoms with van der Waals surface area (Å²) in [4.78, 5) is 34.1. The zero-order valence-electron chi connectivity index (χ0n) is 24.6. The number of alkyl halides is 2. The predicted octanol–water partition coefficient (Wildman–Crippen LogP) is 6.86. The van der Waals surface area contributed by atoms with Crippen molar-refractivity contribution in [1.29, 1.82) is 0 Å². The highest BCUT2D eigenvalue weighted by molar-refractivity contribution is 6.04. The lowest BCUT2D eigenvalue weighted by atomic mass is 9.89. The molecular formula is C33H38F2N6O2. The number of hydrogen-bond donors (Lipinski definition) is 2. The van der Waals surface area contributed by atoms with Gasteiger partial charge in [-0.15, -0.1) is 0 Å². The average Bonchev–Trinajstić information content (AvgIpc) is 3.46. The van der Waals surface area contributed by atoms with E-state index in [1.807, 2.05) is 53.4 Å². The van der Waals surface area contributed by atoms with Crippen LogP contribution in [0.1, 0.15) is 54.4 Å². The minimum Gasteiger partial charge on any atom is -0.341 e. The number of fused-ring (bicyclic) bond motifs is 1. The van der Waals surface area contributed by atoms with Gasteiger partial charge < -0.3 is 20.4 Å². The summed E-state index contributed by atoms with van der Waals surface area (Å²) in [6, 6.07) is 18.5. The lowest BCUT2D eigenvalue weighted by molar-refractivity contribution is 0.102. The molecule has 10 heteroatoms. The molecule has 1 fully saturated rings. The molecule has 3 heterocycles. The second kappa shape index (κ2) is 13.8. The molecule has 1 saturated heterocycles. The summed E-state index contributed by atoms with van der Waals surface area (Å²) in [5, 5.41) is 6.34. The number of carbonyl (C=O) groups is 2. The fourth-order valence-corrected chi connectivity index (χ4v) is 5.74. The Morgan fingerprint density at radius 3 is 2.47 bits per heavy atom. The first kappa shape index (κ1) is 30.2. The minimum absolute atomic E-state index is 0.228. The molecule has 2 amide bonds. The van der Waals surface area contributed by atoms with Gasteiger partial charge in [0.05, 0.1) is 5.52 Å². The Labute approximate surface area is 250 Å². The Morgan fingerprint density at radius 2 is 1.77 bits per heavy atom. The molecule has 0 atom stereocenters. The van der Waals surface area contributed by atoms with Gasteiger partial charge in [0.2, 0.25) is 6.43 Å². The third-order valence-corrected chi connectivity index (χ3v) is 8.20. The maximum absolute atomic E-state index is 13.1. The normalized spacial score (nSPS) is 14.3. The van der Waals surface area contributed by atoms with Crippen LogP contribution in [0.15, 0.2) is 73.1 Å². The Hall–Kier alpha value is -4.31. The number of rotatable bonds is 10. The fourth-order valence-electron chi connectivity index (χ4n) is 5.74. The van der Waals surface area contributed by atoms with Crippen LogP contribution in [0.25, 0.3) is 10.9 Å². The number of benzene rings is 2. The van der Waals surface area contributed by atoms with Gasteiger partial charge >= 0.3 is 6.03 Å². The van der Waals surface area contributed by atoms with Gasteiger partial charge in [0.15, 0.2) is 0 Å². The monoisotopic (exact) mass is 588 g/mol. The second-order valence-corrected chi connectivity index (χ2v) is 10.9. The van der Waals surface area contributed by atoms with Gasteiger partial charge in [-0.2, -0.15) is 0 Å². The highest BCUT2D eigenvalue weighted by atomic mass is 19.3. The van der Waals surface area contributed by atoms with Crippen LogP contribution in [0.5, 0.6) is 0 Å². The van der Waals surface area contributed by atoms with Crippen molar-refractivity contribution in [1.82, 2.24) is 19.8 Å². The molecule has 4 aromatic rings. The lowest BCUT2D eigenvalue weighted by Gasteiger charge is -2.31. The van der Waals surface area contributed by atoms with Crippen molar-refractivity contribution in [2.45, 2.75) is 45.0 Å². The summed E-state index contributed by atoms with van der Waals surface area (Å²) in [6.07, 6.45) is 3.17. The number of halogens is 2. The SMILES string of the molecule is CCN1CCC(c2ccc(C(=O)Nc3cc(N(CCCC(F)F)c4ccc5c(ccn5C(=O)NC)c4)ccn3)cc2)CC1. The number of amides is 2. The van der Waals surface area contributed by atoms with E-state index in [-0.39, 0.29) is 24.8 Å². The van der Waals surface area contributed by atoms with Crippen molar-refractivity contribution in [2.75, 3.05) is 43.4 Å². The zero-order valence-corrected chi connectivity index (χ0v) is 24.6. The number of likely N-dealkylation sites (tertiary alicyclic amines) is 1. The summed E-state index contributed by atoms with van der Waals surface area (Å²) < 4.78 is 27.6. The Bertz CT molecular complexity index is 1550. The maximum atomic E-state index is 13.1. The van der Waals surface area contributed by atoms with Gasteiger partial charge in [-0.1, -0.05) is 19.1 Å². The molecule has 0 bridgehead atoms. The summed E-state index contributed by atoms with van der Waals surface area (Å²) in [7, 11) is 1.57. The van der Waals surface area contributed by atoms with E-state index >= 15 is 0 Å². The summed E-state index contributed by atoms with van der Waals surface area (Å²) in [5.41, 5.74) is 4.02. The molecule has 5 rings (SSSR count). The third kappa shape index (κ3) is 7.19. The first-order valence-electron chi connectivity index (χ1n) is 14.8. The van der Waals surface area contributed by atoms with E-state index in [1.165, 1.54) is 10.1 Å². The zero-order chi connectivity index (χ0) is 30.3. The Morgan fingerprint density at radius 1 is 1.02 bits per heavy atom. The largest absolute Gasteiger partial charge is 0.341 e. The third-order valence-electron chi connectivity index (χ3n) is 8.20. The van der Waals surface area contributed by atoms with Gasteiger partial charge in [-0.25, -0.2) is 18.6 Å². The Kier molecular flexibility index (Phi) is 9.66. The number of piperidine rings is 1. The topological polar surface area (TPSA) is 82.5 Å². The quantitative estimate of drug-likeness (QED) is 0.212. The van der Waals surface area contributed by atoms with Crippen molar-refractivity contribution in [3.8, 4) is 0 Å². The van der Waals surface area contributed by atoms with Crippen LogP contribution >= 0.6 is 0 Å². The van der Waals surface area contributed by atoms with Gasteiger partial charge in [-0.05, 0) is 92.8 Å². The first-order chi connectivity index (χ1) is 20.9. The number of anilines is 3. The minimum atomic E-state index is -2.39. The number of pyridine rings is 1. The molecule has 0 unspecified atom stereocenters. The van der Waals surface area contributed by atoms with E-state index in [0.29, 0.717) is 29.5 Å². The second-order valence-electron chi connectivity index (χ2n) is 10.9. The molecular weight excluding hydrogens is 550 g/mol. The predicted molar refractivity (Wildman–Crippen MR) is 167 cm³/mol. The molecule has 2 aromatic carbocycles. The van der Waals surface area contributed by atoms with Crippen LogP contribution in [0.4, 0.5) is 30.8 Å². The van der Waals surface area contributed by atoms with Crippen LogP contribution in [-0.2, 0) is 0 Å². The van der Waals surface area contributed by atoms with E-state index < -0.39 is 6.43 Å². The van der Waals surface area contributed by atoms with Crippen molar-refractivity contribution in [2.24, 2.45) is 0 Å². The smallest absolute Gasteiger partial charge is 0.325 e. The van der Waals surface area contributed by atoms with Crippen LogP contribution in [0.3, 0.4) is 0 Å². The molecule has 226 valence electrons. The molecule has 8 nitrogen and oxygen atoms in total. The molecule has 43 heavy (non-hydrogen) atoms. The average molecular weight is 589 g/mol.